The molecule has 154 valence electrons. The van der Waals surface area contributed by atoms with E-state index in [9.17, 15) is 0 Å². The van der Waals surface area contributed by atoms with Crippen molar-refractivity contribution in [3.63, 3.8) is 0 Å². The molecule has 30 heavy (non-hydrogen) atoms. The number of methoxy groups -OCH3 is 2. The average Bonchev–Trinajstić information content (AvgIpc) is 3.22. The Morgan fingerprint density at radius 2 is 1.83 bits per heavy atom. The van der Waals surface area contributed by atoms with Crippen LogP contribution in [-0.2, 0) is 0 Å². The molecule has 0 bridgehead atoms. The van der Waals surface area contributed by atoms with Crippen molar-refractivity contribution in [3.8, 4) is 29.0 Å². The molecule has 1 aliphatic rings. The number of nitriles is 1. The number of hydrogen-bond donors (Lipinski definition) is 0. The highest BCUT2D eigenvalue weighted by molar-refractivity contribution is 7.99. The van der Waals surface area contributed by atoms with Gasteiger partial charge in [-0.15, -0.1) is 10.2 Å². The lowest BCUT2D eigenvalue weighted by molar-refractivity contribution is 0.339. The van der Waals surface area contributed by atoms with Crippen LogP contribution in [0.4, 0.5) is 0 Å². The summed E-state index contributed by atoms with van der Waals surface area (Å²) in [6, 6.07) is 13.7. The van der Waals surface area contributed by atoms with Crippen LogP contribution in [0.25, 0.3) is 11.4 Å². The first-order chi connectivity index (χ1) is 14.7. The lowest BCUT2D eigenvalue weighted by atomic mass is 9.95. The first-order valence-electron chi connectivity index (χ1n) is 9.95. The second-order valence-electron chi connectivity index (χ2n) is 7.11. The van der Waals surface area contributed by atoms with Crippen molar-refractivity contribution in [3.05, 3.63) is 42.1 Å². The molecule has 1 aliphatic carbocycles. The van der Waals surface area contributed by atoms with E-state index >= 15 is 0 Å². The van der Waals surface area contributed by atoms with Crippen molar-refractivity contribution in [2.24, 2.45) is 0 Å². The summed E-state index contributed by atoms with van der Waals surface area (Å²) in [5.74, 6) is 2.14. The molecule has 4 rings (SSSR count). The topological polar surface area (TPSA) is 85.9 Å². The molecule has 3 aromatic rings. The molecule has 2 heterocycles. The Hall–Kier alpha value is -3.05. The molecule has 0 radical (unpaired) electrons. The van der Waals surface area contributed by atoms with Gasteiger partial charge < -0.3 is 9.47 Å². The minimum atomic E-state index is 0.332. The summed E-state index contributed by atoms with van der Waals surface area (Å²) in [5, 5.41) is 19.7. The number of nitrogens with zero attached hydrogens (tertiary/aromatic N) is 5. The van der Waals surface area contributed by atoms with Crippen LogP contribution in [0.2, 0.25) is 0 Å². The minimum absolute atomic E-state index is 0.332. The van der Waals surface area contributed by atoms with Gasteiger partial charge in [-0.25, -0.2) is 4.98 Å². The van der Waals surface area contributed by atoms with Gasteiger partial charge in [0.15, 0.2) is 22.5 Å². The van der Waals surface area contributed by atoms with Gasteiger partial charge in [0.2, 0.25) is 0 Å². The predicted octanol–water partition coefficient (Wildman–Crippen LogP) is 4.89. The molecule has 0 N–H and O–H groups in total. The van der Waals surface area contributed by atoms with Crippen molar-refractivity contribution in [1.82, 2.24) is 19.7 Å². The van der Waals surface area contributed by atoms with Gasteiger partial charge in [-0.1, -0.05) is 25.3 Å². The van der Waals surface area contributed by atoms with Gasteiger partial charge in [0.25, 0.3) is 0 Å². The molecule has 0 spiro atoms. The molecule has 0 saturated heterocycles. The highest BCUT2D eigenvalue weighted by Crippen LogP contribution is 2.39. The van der Waals surface area contributed by atoms with E-state index in [0.717, 1.165) is 34.4 Å². The summed E-state index contributed by atoms with van der Waals surface area (Å²) in [4.78, 5) is 4.39. The number of ether oxygens (including phenoxy) is 2. The smallest absolute Gasteiger partial charge is 0.198 e. The summed E-state index contributed by atoms with van der Waals surface area (Å²) in [5.41, 5.74) is 1.32. The normalized spacial score (nSPS) is 14.3. The van der Waals surface area contributed by atoms with E-state index in [1.165, 1.54) is 31.0 Å². The van der Waals surface area contributed by atoms with Crippen molar-refractivity contribution in [2.45, 2.75) is 48.3 Å². The number of hydrogen-bond acceptors (Lipinski definition) is 7. The molecule has 1 saturated carbocycles. The second kappa shape index (κ2) is 9.18. The molecule has 8 heteroatoms. The Morgan fingerprint density at radius 1 is 1.03 bits per heavy atom. The molecule has 1 aromatic carbocycles. The summed E-state index contributed by atoms with van der Waals surface area (Å²) in [6.07, 6.45) is 5.84. The van der Waals surface area contributed by atoms with E-state index in [1.807, 2.05) is 30.3 Å². The van der Waals surface area contributed by atoms with Crippen molar-refractivity contribution in [2.75, 3.05) is 14.2 Å². The van der Waals surface area contributed by atoms with Crippen molar-refractivity contribution in [1.29, 1.82) is 5.26 Å². The molecule has 0 aliphatic heterocycles. The van der Waals surface area contributed by atoms with E-state index in [-0.39, 0.29) is 0 Å². The molecule has 0 unspecified atom stereocenters. The van der Waals surface area contributed by atoms with Gasteiger partial charge in [0.05, 0.1) is 14.2 Å². The zero-order valence-corrected chi connectivity index (χ0v) is 17.9. The first-order valence-corrected chi connectivity index (χ1v) is 10.8. The van der Waals surface area contributed by atoms with Crippen LogP contribution in [-0.4, -0.2) is 34.0 Å². The van der Waals surface area contributed by atoms with Crippen LogP contribution < -0.4 is 9.47 Å². The maximum atomic E-state index is 9.15. The quantitative estimate of drug-likeness (QED) is 0.560. The predicted molar refractivity (Wildman–Crippen MR) is 114 cm³/mol. The third kappa shape index (κ3) is 4.12. The summed E-state index contributed by atoms with van der Waals surface area (Å²) >= 11 is 1.44. The van der Waals surface area contributed by atoms with Crippen LogP contribution in [0, 0.1) is 11.3 Å². The van der Waals surface area contributed by atoms with Crippen LogP contribution in [0.3, 0.4) is 0 Å². The third-order valence-corrected chi connectivity index (χ3v) is 6.18. The molecule has 0 amide bonds. The number of pyridine rings is 1. The largest absolute Gasteiger partial charge is 0.493 e. The highest BCUT2D eigenvalue weighted by atomic mass is 32.2. The Kier molecular flexibility index (Phi) is 6.19. The zero-order valence-electron chi connectivity index (χ0n) is 17.0. The fourth-order valence-electron chi connectivity index (χ4n) is 3.81. The van der Waals surface area contributed by atoms with E-state index in [4.69, 9.17) is 14.7 Å². The van der Waals surface area contributed by atoms with Crippen LogP contribution >= 0.6 is 11.8 Å². The van der Waals surface area contributed by atoms with E-state index in [1.54, 1.807) is 20.3 Å². The van der Waals surface area contributed by atoms with Crippen LogP contribution in [0.5, 0.6) is 11.5 Å². The second-order valence-corrected chi connectivity index (χ2v) is 8.10. The van der Waals surface area contributed by atoms with Crippen LogP contribution in [0.1, 0.15) is 43.8 Å². The van der Waals surface area contributed by atoms with Gasteiger partial charge in [0, 0.05) is 11.6 Å². The monoisotopic (exact) mass is 421 g/mol. The van der Waals surface area contributed by atoms with E-state index in [0.29, 0.717) is 23.2 Å². The molecular formula is C22H23N5O2S. The molecule has 7 nitrogen and oxygen atoms in total. The molecule has 0 atom stereocenters. The number of aromatic nitrogens is 4. The van der Waals surface area contributed by atoms with E-state index < -0.39 is 0 Å². The Bertz CT molecular complexity index is 1070. The third-order valence-electron chi connectivity index (χ3n) is 5.28. The Balaban J connectivity index is 1.76. The van der Waals surface area contributed by atoms with Gasteiger partial charge >= 0.3 is 0 Å². The SMILES string of the molecule is COc1ccc(-c2nnc(Sc3cccc(C#N)n3)n2C2CCCCC2)cc1OC. The lowest BCUT2D eigenvalue weighted by Crippen LogP contribution is -2.15. The highest BCUT2D eigenvalue weighted by Gasteiger charge is 2.25. The fourth-order valence-corrected chi connectivity index (χ4v) is 4.71. The van der Waals surface area contributed by atoms with Crippen molar-refractivity contribution >= 4 is 11.8 Å². The van der Waals surface area contributed by atoms with E-state index in [2.05, 4.69) is 25.8 Å². The van der Waals surface area contributed by atoms with Gasteiger partial charge in [-0.3, -0.25) is 4.57 Å². The number of benzene rings is 1. The van der Waals surface area contributed by atoms with Gasteiger partial charge in [-0.2, -0.15) is 5.26 Å². The maximum Gasteiger partial charge on any atom is 0.198 e. The summed E-state index contributed by atoms with van der Waals surface area (Å²) in [6.45, 7) is 0. The summed E-state index contributed by atoms with van der Waals surface area (Å²) < 4.78 is 13.1. The standard InChI is InChI=1S/C22H23N5O2S/c1-28-18-12-11-15(13-19(18)29-2)21-25-26-22(27(21)17-8-4-3-5-9-17)30-20-10-6-7-16(14-23)24-20/h6-7,10-13,17H,3-5,8-9H2,1-2H3. The lowest BCUT2D eigenvalue weighted by Gasteiger charge is -2.25. The summed E-state index contributed by atoms with van der Waals surface area (Å²) in [7, 11) is 3.25. The first kappa shape index (κ1) is 20.2. The molecule has 1 fully saturated rings. The molecule has 2 aromatic heterocycles. The minimum Gasteiger partial charge on any atom is -0.493 e. The van der Waals surface area contributed by atoms with Crippen LogP contribution in [0.15, 0.2) is 46.6 Å². The number of rotatable bonds is 6. The Labute approximate surface area is 180 Å². The molecular weight excluding hydrogens is 398 g/mol. The fraction of sp³-hybridized carbons (Fsp3) is 0.364. The van der Waals surface area contributed by atoms with Gasteiger partial charge in [0.1, 0.15) is 16.8 Å². The zero-order chi connectivity index (χ0) is 20.9. The Morgan fingerprint density at radius 3 is 2.57 bits per heavy atom. The van der Waals surface area contributed by atoms with Gasteiger partial charge in [-0.05, 0) is 54.9 Å². The maximum absolute atomic E-state index is 9.15. The average molecular weight is 422 g/mol. The van der Waals surface area contributed by atoms with Crippen molar-refractivity contribution < 1.29 is 9.47 Å².